The number of ketones is 2. The molecule has 2 heterocycles. The summed E-state index contributed by atoms with van der Waals surface area (Å²) >= 11 is 0. The molecular weight excluding hydrogens is 632 g/mol. The van der Waals surface area contributed by atoms with Gasteiger partial charge in [0.1, 0.15) is 0 Å². The Morgan fingerprint density at radius 2 is 1.82 bits per heavy atom. The molecule has 0 amide bonds. The number of piperidine rings is 1. The molecule has 10 unspecified atom stereocenters. The van der Waals surface area contributed by atoms with Gasteiger partial charge in [-0.1, -0.05) is 63.3 Å². The van der Waals surface area contributed by atoms with Crippen molar-refractivity contribution in [2.45, 2.75) is 134 Å². The van der Waals surface area contributed by atoms with Gasteiger partial charge in [0.15, 0.2) is 23.1 Å². The van der Waals surface area contributed by atoms with Crippen LogP contribution in [0.1, 0.15) is 104 Å². The monoisotopic (exact) mass is 694 g/mol. The Kier molecular flexibility index (Phi) is 11.3. The maximum Gasteiger partial charge on any atom is 0.350 e. The second-order valence-corrected chi connectivity index (χ2v) is 16.1. The molecule has 278 valence electrons. The smallest absolute Gasteiger partial charge is 0.350 e. The van der Waals surface area contributed by atoms with E-state index in [0.717, 1.165) is 82.9 Å². The van der Waals surface area contributed by atoms with Gasteiger partial charge in [0.05, 0.1) is 12.8 Å². The Balaban J connectivity index is 1.29. The summed E-state index contributed by atoms with van der Waals surface area (Å²) < 4.78 is 12.5. The molecule has 7 N–H and O–H groups in total. The zero-order valence-corrected chi connectivity index (χ0v) is 30.8. The second-order valence-electron chi connectivity index (χ2n) is 16.1. The predicted octanol–water partition coefficient (Wildman–Crippen LogP) is 3.66. The van der Waals surface area contributed by atoms with Crippen LogP contribution < -0.4 is 27.4 Å². The molecular formula is C39H62N6O5. The van der Waals surface area contributed by atoms with E-state index in [4.69, 9.17) is 20.9 Å². The number of likely N-dealkylation sites (N-methyl/N-ethyl adjacent to an activating group) is 1. The summed E-state index contributed by atoms with van der Waals surface area (Å²) in [6, 6.07) is 0.0819. The summed E-state index contributed by atoms with van der Waals surface area (Å²) in [6.45, 7) is 8.18. The number of hydrogen-bond acceptors (Lipinski definition) is 9. The number of nitrogens with one attached hydrogen (secondary N) is 3. The Hall–Kier alpha value is -2.60. The zero-order valence-electron chi connectivity index (χ0n) is 30.8. The van der Waals surface area contributed by atoms with Crippen molar-refractivity contribution < 1.29 is 23.9 Å². The van der Waals surface area contributed by atoms with Crippen LogP contribution in [0.4, 0.5) is 0 Å². The lowest BCUT2D eigenvalue weighted by atomic mass is 9.60. The highest BCUT2D eigenvalue weighted by atomic mass is 16.7. The lowest BCUT2D eigenvalue weighted by Crippen LogP contribution is -2.58. The summed E-state index contributed by atoms with van der Waals surface area (Å²) in [5.41, 5.74) is 10.2. The molecule has 11 nitrogen and oxygen atoms in total. The topological polar surface area (TPSA) is 173 Å². The van der Waals surface area contributed by atoms with Crippen molar-refractivity contribution in [3.63, 3.8) is 0 Å². The number of carbonyl (C=O) groups is 3. The molecule has 11 heteroatoms. The number of Topliss-reactive ketones (excluding diaryl/α,β-unsaturated/α-hetero) is 2. The van der Waals surface area contributed by atoms with Crippen LogP contribution in [0.2, 0.25) is 0 Å². The van der Waals surface area contributed by atoms with E-state index in [-0.39, 0.29) is 60.1 Å². The highest BCUT2D eigenvalue weighted by molar-refractivity contribution is 6.23. The van der Waals surface area contributed by atoms with Gasteiger partial charge in [0.2, 0.25) is 0 Å². The van der Waals surface area contributed by atoms with Gasteiger partial charge in [-0.25, -0.2) is 4.79 Å². The molecule has 3 saturated carbocycles. The molecule has 6 rings (SSSR count). The number of epoxide rings is 1. The standard InChI is InChI=1S/C39H62N6O5/c1-5-25-13-14-30(43-6-2)27(21-25)23-49-35(48)39-34(47)29-12-8-7-11-28(29)33(46)38(39,50-39)19-15-24(3)37(17-9-10-18-37)32(45-36(41)42-4)26-16-20-44-31(40)22-26/h13-15,25-32,43-44H,5-12,16-23,40H2,1-4H3,(H3,41,42,45). The molecule has 10 atom stereocenters. The van der Waals surface area contributed by atoms with Crippen molar-refractivity contribution >= 4 is 23.5 Å². The Bertz CT molecular complexity index is 1370. The zero-order chi connectivity index (χ0) is 35.7. The van der Waals surface area contributed by atoms with Crippen LogP contribution in [0.15, 0.2) is 28.8 Å². The van der Waals surface area contributed by atoms with E-state index in [1.54, 1.807) is 7.05 Å². The predicted molar refractivity (Wildman–Crippen MR) is 194 cm³/mol. The minimum absolute atomic E-state index is 0.00183. The summed E-state index contributed by atoms with van der Waals surface area (Å²) in [4.78, 5) is 47.5. The maximum absolute atomic E-state index is 14.5. The molecule has 5 fully saturated rings. The summed E-state index contributed by atoms with van der Waals surface area (Å²) in [5.74, 6) is -0.768. The molecule has 0 aromatic carbocycles. The number of hydrogen-bond donors (Lipinski definition) is 5. The van der Waals surface area contributed by atoms with Crippen molar-refractivity contribution in [3.05, 3.63) is 23.8 Å². The van der Waals surface area contributed by atoms with E-state index in [0.29, 0.717) is 24.7 Å². The minimum atomic E-state index is -1.87. The number of ether oxygens (including phenoxy) is 2. The van der Waals surface area contributed by atoms with E-state index in [1.807, 2.05) is 0 Å². The van der Waals surface area contributed by atoms with Crippen molar-refractivity contribution in [2.24, 2.45) is 51.5 Å². The van der Waals surface area contributed by atoms with Crippen LogP contribution in [0.5, 0.6) is 0 Å². The number of aliphatic imine (C=N–C) groups is 1. The number of nitrogens with two attached hydrogens (primary N) is 2. The van der Waals surface area contributed by atoms with Gasteiger partial charge in [0.25, 0.3) is 5.60 Å². The molecule has 6 aliphatic rings. The highest BCUT2D eigenvalue weighted by Gasteiger charge is 2.87. The van der Waals surface area contributed by atoms with E-state index in [1.165, 1.54) is 0 Å². The first-order valence-corrected chi connectivity index (χ1v) is 19.6. The van der Waals surface area contributed by atoms with Gasteiger partial charge in [0, 0.05) is 48.7 Å². The van der Waals surface area contributed by atoms with Crippen LogP contribution in [-0.2, 0) is 23.9 Å². The number of carbonyl (C=O) groups excluding carboxylic acids is 3. The number of nitrogens with zero attached hydrogens (tertiary/aromatic N) is 1. The molecule has 0 bridgehead atoms. The molecule has 4 aliphatic carbocycles. The normalized spacial score (nSPS) is 39.0. The summed E-state index contributed by atoms with van der Waals surface area (Å²) in [7, 11) is 1.69. The molecule has 0 aromatic heterocycles. The molecule has 2 saturated heterocycles. The van der Waals surface area contributed by atoms with Crippen molar-refractivity contribution in [1.82, 2.24) is 16.0 Å². The fraction of sp³-hybridized carbons (Fsp3) is 0.795. The molecule has 2 aliphatic heterocycles. The fourth-order valence-electron chi connectivity index (χ4n) is 10.6. The van der Waals surface area contributed by atoms with Gasteiger partial charge in [-0.3, -0.25) is 14.6 Å². The molecule has 50 heavy (non-hydrogen) atoms. The minimum Gasteiger partial charge on any atom is -0.463 e. The third-order valence-corrected chi connectivity index (χ3v) is 13.5. The fourth-order valence-corrected chi connectivity index (χ4v) is 10.6. The third-order valence-electron chi connectivity index (χ3n) is 13.5. The van der Waals surface area contributed by atoms with E-state index < -0.39 is 29.0 Å². The Labute approximate surface area is 298 Å². The second kappa shape index (κ2) is 15.2. The average Bonchev–Trinajstić information content (AvgIpc) is 3.60. The highest BCUT2D eigenvalue weighted by Crippen LogP contribution is 2.62. The van der Waals surface area contributed by atoms with E-state index in [9.17, 15) is 14.4 Å². The Morgan fingerprint density at radius 3 is 2.48 bits per heavy atom. The SMILES string of the molecule is CCNC1C=CC(CC)CC1COC(=O)C12OC1(CC=C(C)C1(C(NC(N)=NC)C3CCNC(N)C3)CCCC1)C(=O)C1CCCCC1C2=O. The molecule has 0 radical (unpaired) electrons. The van der Waals surface area contributed by atoms with Gasteiger partial charge in [-0.15, -0.1) is 0 Å². The number of rotatable bonds is 12. The number of esters is 1. The van der Waals surface area contributed by atoms with Crippen LogP contribution >= 0.6 is 0 Å². The van der Waals surface area contributed by atoms with Crippen molar-refractivity contribution in [3.8, 4) is 0 Å². The van der Waals surface area contributed by atoms with Gasteiger partial charge in [-0.2, -0.15) is 0 Å². The quantitative estimate of drug-likeness (QED) is 0.0507. The lowest BCUT2D eigenvalue weighted by molar-refractivity contribution is -0.160. The first-order valence-electron chi connectivity index (χ1n) is 19.6. The first kappa shape index (κ1) is 37.2. The third kappa shape index (κ3) is 6.49. The largest absolute Gasteiger partial charge is 0.463 e. The number of fused-ring (bicyclic) bond motifs is 2. The van der Waals surface area contributed by atoms with Crippen LogP contribution in [0, 0.1) is 35.0 Å². The van der Waals surface area contributed by atoms with Crippen molar-refractivity contribution in [2.75, 3.05) is 26.7 Å². The first-order chi connectivity index (χ1) is 24.1. The van der Waals surface area contributed by atoms with Crippen LogP contribution in [0.3, 0.4) is 0 Å². The van der Waals surface area contributed by atoms with Crippen LogP contribution in [0.25, 0.3) is 0 Å². The maximum atomic E-state index is 14.5. The average molecular weight is 695 g/mol. The van der Waals surface area contributed by atoms with Gasteiger partial charge >= 0.3 is 5.97 Å². The van der Waals surface area contributed by atoms with Gasteiger partial charge in [-0.05, 0) is 83.2 Å². The van der Waals surface area contributed by atoms with Crippen molar-refractivity contribution in [1.29, 1.82) is 0 Å². The number of guanidine groups is 1. The van der Waals surface area contributed by atoms with E-state index >= 15 is 0 Å². The molecule has 0 spiro atoms. The lowest BCUT2D eigenvalue weighted by Gasteiger charge is -2.46. The van der Waals surface area contributed by atoms with Gasteiger partial charge < -0.3 is 36.9 Å². The summed E-state index contributed by atoms with van der Waals surface area (Å²) in [6.07, 6.45) is 17.4. The van der Waals surface area contributed by atoms with Crippen LogP contribution in [-0.4, -0.2) is 79.7 Å². The summed E-state index contributed by atoms with van der Waals surface area (Å²) in [5, 5.41) is 10.5. The Morgan fingerprint density at radius 1 is 1.10 bits per heavy atom. The molecule has 0 aromatic rings. The van der Waals surface area contributed by atoms with E-state index in [2.05, 4.69) is 59.9 Å². The number of allylic oxidation sites excluding steroid dienone is 1.